The summed E-state index contributed by atoms with van der Waals surface area (Å²) in [6.45, 7) is 7.15. The first-order valence-electron chi connectivity index (χ1n) is 7.47. The molecule has 1 aliphatic carbocycles. The van der Waals surface area contributed by atoms with Crippen LogP contribution in [0, 0.1) is 5.41 Å². The zero-order chi connectivity index (χ0) is 14.8. The minimum atomic E-state index is 0.00512. The van der Waals surface area contributed by atoms with Crippen molar-refractivity contribution in [1.82, 2.24) is 10.3 Å². The van der Waals surface area contributed by atoms with Crippen molar-refractivity contribution in [2.45, 2.75) is 46.0 Å². The molecule has 20 heavy (non-hydrogen) atoms. The Labute approximate surface area is 121 Å². The SMILES string of the molecule is CCC1(CNC(=O)c2cc(NC)nc(C(C)C)c2)CC1. The average Bonchev–Trinajstić information content (AvgIpc) is 3.24. The van der Waals surface area contributed by atoms with Crippen molar-refractivity contribution in [3.05, 3.63) is 23.4 Å². The number of anilines is 1. The third-order valence-electron chi connectivity index (χ3n) is 4.29. The average molecular weight is 275 g/mol. The summed E-state index contributed by atoms with van der Waals surface area (Å²) in [5.41, 5.74) is 2.01. The molecule has 4 nitrogen and oxygen atoms in total. The van der Waals surface area contributed by atoms with Gasteiger partial charge in [0.05, 0.1) is 0 Å². The Morgan fingerprint density at radius 2 is 2.10 bits per heavy atom. The molecular weight excluding hydrogens is 250 g/mol. The lowest BCUT2D eigenvalue weighted by Crippen LogP contribution is -2.30. The van der Waals surface area contributed by atoms with Crippen LogP contribution in [-0.4, -0.2) is 24.5 Å². The van der Waals surface area contributed by atoms with Crippen molar-refractivity contribution in [3.8, 4) is 0 Å². The van der Waals surface area contributed by atoms with Crippen LogP contribution in [0.4, 0.5) is 5.82 Å². The minimum Gasteiger partial charge on any atom is -0.373 e. The number of pyridine rings is 1. The highest BCUT2D eigenvalue weighted by Gasteiger charge is 2.40. The highest BCUT2D eigenvalue weighted by molar-refractivity contribution is 5.95. The van der Waals surface area contributed by atoms with Gasteiger partial charge in [0.25, 0.3) is 5.91 Å². The molecule has 4 heteroatoms. The van der Waals surface area contributed by atoms with Gasteiger partial charge in [-0.2, -0.15) is 0 Å². The maximum atomic E-state index is 12.3. The molecule has 0 atom stereocenters. The van der Waals surface area contributed by atoms with Crippen LogP contribution in [-0.2, 0) is 0 Å². The number of carbonyl (C=O) groups is 1. The maximum absolute atomic E-state index is 12.3. The lowest BCUT2D eigenvalue weighted by molar-refractivity contribution is 0.0944. The Bertz CT molecular complexity index is 492. The van der Waals surface area contributed by atoms with Gasteiger partial charge in [0.15, 0.2) is 0 Å². The van der Waals surface area contributed by atoms with Crippen LogP contribution < -0.4 is 10.6 Å². The zero-order valence-electron chi connectivity index (χ0n) is 12.9. The number of nitrogens with one attached hydrogen (secondary N) is 2. The second kappa shape index (κ2) is 5.81. The number of nitrogens with zero attached hydrogens (tertiary/aromatic N) is 1. The van der Waals surface area contributed by atoms with E-state index in [1.165, 1.54) is 12.8 Å². The topological polar surface area (TPSA) is 54.0 Å². The van der Waals surface area contributed by atoms with Gasteiger partial charge in [-0.3, -0.25) is 4.79 Å². The molecule has 0 aliphatic heterocycles. The van der Waals surface area contributed by atoms with E-state index in [2.05, 4.69) is 36.4 Å². The molecule has 0 bridgehead atoms. The van der Waals surface area contributed by atoms with Gasteiger partial charge in [-0.05, 0) is 42.7 Å². The normalized spacial score (nSPS) is 16.1. The minimum absolute atomic E-state index is 0.00512. The smallest absolute Gasteiger partial charge is 0.251 e. The van der Waals surface area contributed by atoms with E-state index >= 15 is 0 Å². The molecule has 0 radical (unpaired) electrons. The predicted molar refractivity (Wildman–Crippen MR) is 82.2 cm³/mol. The van der Waals surface area contributed by atoms with Crippen LogP contribution in [0.25, 0.3) is 0 Å². The van der Waals surface area contributed by atoms with Gasteiger partial charge in [0.2, 0.25) is 0 Å². The van der Waals surface area contributed by atoms with E-state index in [0.717, 1.165) is 24.5 Å². The lowest BCUT2D eigenvalue weighted by atomic mass is 10.0. The fraction of sp³-hybridized carbons (Fsp3) is 0.625. The van der Waals surface area contributed by atoms with Gasteiger partial charge in [-0.15, -0.1) is 0 Å². The van der Waals surface area contributed by atoms with E-state index in [4.69, 9.17) is 0 Å². The Kier molecular flexibility index (Phi) is 4.31. The number of amides is 1. The van der Waals surface area contributed by atoms with E-state index in [1.807, 2.05) is 19.2 Å². The Morgan fingerprint density at radius 1 is 1.40 bits per heavy atom. The summed E-state index contributed by atoms with van der Waals surface area (Å²) in [5, 5.41) is 6.10. The van der Waals surface area contributed by atoms with E-state index in [0.29, 0.717) is 16.9 Å². The molecule has 1 aromatic rings. The van der Waals surface area contributed by atoms with Gasteiger partial charge in [0, 0.05) is 24.8 Å². The van der Waals surface area contributed by atoms with E-state index in [9.17, 15) is 4.79 Å². The number of aromatic nitrogens is 1. The Hall–Kier alpha value is -1.58. The number of rotatable bonds is 6. The van der Waals surface area contributed by atoms with Crippen LogP contribution >= 0.6 is 0 Å². The second-order valence-electron chi connectivity index (χ2n) is 6.11. The zero-order valence-corrected chi connectivity index (χ0v) is 12.9. The summed E-state index contributed by atoms with van der Waals surface area (Å²) in [5.74, 6) is 1.06. The molecule has 0 saturated heterocycles. The highest BCUT2D eigenvalue weighted by atomic mass is 16.1. The van der Waals surface area contributed by atoms with Crippen molar-refractivity contribution < 1.29 is 4.79 Å². The maximum Gasteiger partial charge on any atom is 0.251 e. The monoisotopic (exact) mass is 275 g/mol. The lowest BCUT2D eigenvalue weighted by Gasteiger charge is -2.15. The molecule has 0 aromatic carbocycles. The van der Waals surface area contributed by atoms with Gasteiger partial charge in [-0.25, -0.2) is 4.98 Å². The van der Waals surface area contributed by atoms with Crippen LogP contribution in [0.1, 0.15) is 62.0 Å². The van der Waals surface area contributed by atoms with Crippen molar-refractivity contribution in [3.63, 3.8) is 0 Å². The molecule has 2 rings (SSSR count). The molecule has 1 heterocycles. The summed E-state index contributed by atoms with van der Waals surface area (Å²) < 4.78 is 0. The van der Waals surface area contributed by atoms with Gasteiger partial charge in [-0.1, -0.05) is 20.8 Å². The fourth-order valence-corrected chi connectivity index (χ4v) is 2.31. The molecular formula is C16H25N3O. The first-order valence-corrected chi connectivity index (χ1v) is 7.47. The molecule has 0 unspecified atom stereocenters. The largest absolute Gasteiger partial charge is 0.373 e. The standard InChI is InChI=1S/C16H25N3O/c1-5-16(6-7-16)10-18-15(20)12-8-13(11(2)3)19-14(9-12)17-4/h8-9,11H,5-7,10H2,1-4H3,(H,17,19)(H,18,20). The quantitative estimate of drug-likeness (QED) is 0.838. The van der Waals surface area contributed by atoms with Crippen molar-refractivity contribution in [2.24, 2.45) is 5.41 Å². The molecule has 1 aliphatic rings. The van der Waals surface area contributed by atoms with Crippen LogP contribution in [0.2, 0.25) is 0 Å². The first kappa shape index (κ1) is 14.8. The van der Waals surface area contributed by atoms with Gasteiger partial charge in [0.1, 0.15) is 5.82 Å². The molecule has 1 saturated carbocycles. The Balaban J connectivity index is 2.10. The predicted octanol–water partition coefficient (Wildman–Crippen LogP) is 3.17. The first-order chi connectivity index (χ1) is 9.49. The molecule has 2 N–H and O–H groups in total. The summed E-state index contributed by atoms with van der Waals surface area (Å²) >= 11 is 0. The third-order valence-corrected chi connectivity index (χ3v) is 4.29. The number of carbonyl (C=O) groups excluding carboxylic acids is 1. The van der Waals surface area contributed by atoms with Gasteiger partial charge < -0.3 is 10.6 Å². The summed E-state index contributed by atoms with van der Waals surface area (Å²) in [6.07, 6.45) is 3.61. The second-order valence-corrected chi connectivity index (χ2v) is 6.11. The van der Waals surface area contributed by atoms with E-state index in [1.54, 1.807) is 0 Å². The fourth-order valence-electron chi connectivity index (χ4n) is 2.31. The van der Waals surface area contributed by atoms with Crippen LogP contribution in [0.15, 0.2) is 12.1 Å². The summed E-state index contributed by atoms with van der Waals surface area (Å²) in [4.78, 5) is 16.8. The van der Waals surface area contributed by atoms with Crippen LogP contribution in [0.5, 0.6) is 0 Å². The molecule has 1 amide bonds. The molecule has 110 valence electrons. The Morgan fingerprint density at radius 3 is 2.60 bits per heavy atom. The molecule has 1 fully saturated rings. The van der Waals surface area contributed by atoms with Gasteiger partial charge >= 0.3 is 0 Å². The summed E-state index contributed by atoms with van der Waals surface area (Å²) in [7, 11) is 1.82. The number of hydrogen-bond acceptors (Lipinski definition) is 3. The third kappa shape index (κ3) is 3.30. The van der Waals surface area contributed by atoms with Crippen molar-refractivity contribution in [2.75, 3.05) is 18.9 Å². The van der Waals surface area contributed by atoms with E-state index in [-0.39, 0.29) is 5.91 Å². The summed E-state index contributed by atoms with van der Waals surface area (Å²) in [6, 6.07) is 3.71. The van der Waals surface area contributed by atoms with Crippen LogP contribution in [0.3, 0.4) is 0 Å². The van der Waals surface area contributed by atoms with Crippen molar-refractivity contribution >= 4 is 11.7 Å². The molecule has 1 aromatic heterocycles. The van der Waals surface area contributed by atoms with E-state index < -0.39 is 0 Å². The highest BCUT2D eigenvalue weighted by Crippen LogP contribution is 2.47. The number of hydrogen-bond donors (Lipinski definition) is 2. The van der Waals surface area contributed by atoms with Crippen molar-refractivity contribution in [1.29, 1.82) is 0 Å². The molecule has 0 spiro atoms.